The van der Waals surface area contributed by atoms with Crippen molar-refractivity contribution < 1.29 is 27.0 Å². The highest BCUT2D eigenvalue weighted by atomic mass is 32.2. The molecule has 4 fully saturated rings. The molecule has 0 aromatic heterocycles. The lowest BCUT2D eigenvalue weighted by Crippen LogP contribution is -2.63. The maximum absolute atomic E-state index is 14.4. The van der Waals surface area contributed by atoms with Gasteiger partial charge in [-0.3, -0.25) is 0 Å². The molecule has 8 atom stereocenters. The van der Waals surface area contributed by atoms with Gasteiger partial charge in [-0.1, -0.05) is 76.2 Å². The summed E-state index contributed by atoms with van der Waals surface area (Å²) in [7, 11) is -7.95. The zero-order chi connectivity index (χ0) is 32.7. The second-order valence-corrected chi connectivity index (χ2v) is 20.3. The van der Waals surface area contributed by atoms with Gasteiger partial charge in [0.15, 0.2) is 0 Å². The van der Waals surface area contributed by atoms with Crippen LogP contribution in [0.4, 0.5) is 0 Å². The minimum absolute atomic E-state index is 0.188. The smallest absolute Gasteiger partial charge is 0.212 e. The molecule has 0 amide bonds. The van der Waals surface area contributed by atoms with Gasteiger partial charge in [0, 0.05) is 34.7 Å². The van der Waals surface area contributed by atoms with Crippen LogP contribution in [0, 0.1) is 33.5 Å². The minimum atomic E-state index is -3.97. The number of nitrogens with one attached hydrogen (secondary N) is 2. The molecule has 7 aliphatic carbocycles. The van der Waals surface area contributed by atoms with Crippen LogP contribution in [0.15, 0.2) is 48.5 Å². The zero-order valence-corrected chi connectivity index (χ0v) is 28.9. The van der Waals surface area contributed by atoms with Crippen molar-refractivity contribution in [2.75, 3.05) is 11.5 Å². The van der Waals surface area contributed by atoms with E-state index in [1.807, 2.05) is 48.5 Å². The van der Waals surface area contributed by atoms with Crippen LogP contribution < -0.4 is 9.44 Å². The summed E-state index contributed by atoms with van der Waals surface area (Å²) >= 11 is 0. The Morgan fingerprint density at radius 3 is 1.22 bits per heavy atom. The van der Waals surface area contributed by atoms with Crippen LogP contribution in [0.2, 0.25) is 0 Å². The lowest BCUT2D eigenvalue weighted by atomic mass is 9.59. The third kappa shape index (κ3) is 4.09. The molecule has 0 radical (unpaired) electrons. The molecule has 0 spiro atoms. The molecule has 0 heterocycles. The van der Waals surface area contributed by atoms with Crippen molar-refractivity contribution in [1.82, 2.24) is 9.44 Å². The van der Waals surface area contributed by atoms with Crippen molar-refractivity contribution in [1.29, 1.82) is 0 Å². The predicted molar refractivity (Wildman–Crippen MR) is 177 cm³/mol. The maximum Gasteiger partial charge on any atom is 0.212 e. The molecule has 10 heteroatoms. The molecule has 7 aliphatic rings. The predicted octanol–water partition coefficient (Wildman–Crippen LogP) is 4.23. The summed E-state index contributed by atoms with van der Waals surface area (Å²) in [6, 6.07) is 14.5. The first kappa shape index (κ1) is 31.4. The fourth-order valence-corrected chi connectivity index (χ4v) is 16.2. The van der Waals surface area contributed by atoms with Gasteiger partial charge in [0.2, 0.25) is 20.0 Å². The molecule has 8 nitrogen and oxygen atoms in total. The van der Waals surface area contributed by atoms with Crippen molar-refractivity contribution in [3.63, 3.8) is 0 Å². The largest absolute Gasteiger partial charge is 0.392 e. The van der Waals surface area contributed by atoms with Crippen molar-refractivity contribution in [2.24, 2.45) is 33.5 Å². The topological polar surface area (TPSA) is 133 Å². The van der Waals surface area contributed by atoms with E-state index in [-0.39, 0.29) is 34.2 Å². The van der Waals surface area contributed by atoms with Gasteiger partial charge in [-0.15, -0.1) is 0 Å². The summed E-state index contributed by atoms with van der Waals surface area (Å²) in [5, 5.41) is 22.4. The van der Waals surface area contributed by atoms with Gasteiger partial charge in [-0.25, -0.2) is 26.3 Å². The number of aliphatic hydroxyl groups excluding tert-OH is 2. The van der Waals surface area contributed by atoms with E-state index >= 15 is 0 Å². The van der Waals surface area contributed by atoms with Crippen LogP contribution in [-0.4, -0.2) is 62.8 Å². The van der Waals surface area contributed by atoms with Crippen LogP contribution in [0.25, 0.3) is 0 Å². The first-order valence-electron chi connectivity index (χ1n) is 17.1. The van der Waals surface area contributed by atoms with Crippen LogP contribution in [0.3, 0.4) is 0 Å². The molecule has 2 aromatic carbocycles. The van der Waals surface area contributed by atoms with Gasteiger partial charge in [-0.05, 0) is 83.4 Å². The number of aliphatic hydroxyl groups is 2. The van der Waals surface area contributed by atoms with E-state index in [0.717, 1.165) is 35.1 Å². The Bertz CT molecular complexity index is 1630. The summed E-state index contributed by atoms with van der Waals surface area (Å²) in [4.78, 5) is 0. The Hall–Kier alpha value is -1.82. The Balaban J connectivity index is 1.19. The van der Waals surface area contributed by atoms with E-state index in [4.69, 9.17) is 0 Å². The van der Waals surface area contributed by atoms with E-state index in [1.54, 1.807) is 0 Å². The lowest BCUT2D eigenvalue weighted by molar-refractivity contribution is 0.0148. The number of benzene rings is 2. The first-order chi connectivity index (χ1) is 21.5. The summed E-state index contributed by atoms with van der Waals surface area (Å²) in [5.74, 6) is -0.591. The number of rotatable bonds is 8. The summed E-state index contributed by atoms with van der Waals surface area (Å²) < 4.78 is 63.6. The van der Waals surface area contributed by atoms with E-state index < -0.39 is 67.0 Å². The molecule has 0 saturated heterocycles. The fraction of sp³-hybridized carbons (Fsp3) is 0.667. The Morgan fingerprint density at radius 1 is 0.630 bits per heavy atom. The van der Waals surface area contributed by atoms with E-state index in [1.165, 1.54) is 0 Å². The van der Waals surface area contributed by atoms with Gasteiger partial charge in [-0.2, -0.15) is 0 Å². The Labute approximate surface area is 273 Å². The van der Waals surface area contributed by atoms with Crippen molar-refractivity contribution in [2.45, 2.75) is 102 Å². The van der Waals surface area contributed by atoms with E-state index in [2.05, 4.69) is 37.1 Å². The molecule has 4 saturated carbocycles. The SMILES string of the molecule is CC1(C)[C@@H]2CC[C@@]1(CS(=O)(=O)N[C@H]1C3c4ccccc4C(c4ccccc43)[C@@H]1NS(=O)(=O)C[C@]13CC[C@H](C[C@H]1O)C3(C)C)[C@H](O)C2. The molecule has 250 valence electrons. The molecular formula is C36H48N2O6S2. The number of fused-ring (bicyclic) bond motifs is 5. The average molecular weight is 669 g/mol. The highest BCUT2D eigenvalue weighted by Gasteiger charge is 2.67. The molecule has 4 N–H and O–H groups in total. The van der Waals surface area contributed by atoms with Gasteiger partial charge < -0.3 is 10.2 Å². The number of hydrogen-bond acceptors (Lipinski definition) is 6. The van der Waals surface area contributed by atoms with Crippen LogP contribution in [-0.2, 0) is 20.0 Å². The molecule has 2 aromatic rings. The number of hydrogen-bond donors (Lipinski definition) is 4. The summed E-state index contributed by atoms with van der Waals surface area (Å²) in [6.45, 7) is 8.37. The van der Waals surface area contributed by atoms with Crippen LogP contribution >= 0.6 is 0 Å². The molecule has 0 aliphatic heterocycles. The fourth-order valence-electron chi connectivity index (χ4n) is 11.9. The number of sulfonamides is 2. The standard InChI is InChI=1S/C36H48N2O6S2/c1-33(2)21-13-15-35(33,27(39)17-21)19-45(41,42)37-31-29-23-9-5-7-11-25(23)30(26-12-8-6-10-24(26)29)32(31)38-46(43,44)20-36-16-14-22(18-28(36)40)34(36,3)4/h5-12,21-22,27-32,37-40H,13-20H2,1-4H3/t21-,22-,27-,28-,29?,30?,31+,32+,35-,36-/m1/s1. The van der Waals surface area contributed by atoms with Crippen molar-refractivity contribution in [3.8, 4) is 0 Å². The normalized spacial score (nSPS) is 41.1. The van der Waals surface area contributed by atoms with Gasteiger partial charge in [0.05, 0.1) is 23.7 Å². The van der Waals surface area contributed by atoms with Gasteiger partial charge in [0.1, 0.15) is 0 Å². The van der Waals surface area contributed by atoms with Crippen molar-refractivity contribution in [3.05, 3.63) is 70.8 Å². The summed E-state index contributed by atoms with van der Waals surface area (Å²) in [6.07, 6.45) is 2.98. The highest BCUT2D eigenvalue weighted by Crippen LogP contribution is 2.67. The molecule has 9 rings (SSSR count). The summed E-state index contributed by atoms with van der Waals surface area (Å²) in [5.41, 5.74) is 1.92. The van der Waals surface area contributed by atoms with Gasteiger partial charge >= 0.3 is 0 Å². The quantitative estimate of drug-likeness (QED) is 0.333. The molecule has 46 heavy (non-hydrogen) atoms. The zero-order valence-electron chi connectivity index (χ0n) is 27.2. The second kappa shape index (κ2) is 9.88. The maximum atomic E-state index is 14.4. The monoisotopic (exact) mass is 668 g/mol. The molecule has 0 unspecified atom stereocenters. The van der Waals surface area contributed by atoms with Crippen LogP contribution in [0.5, 0.6) is 0 Å². The lowest BCUT2D eigenvalue weighted by Gasteiger charge is -2.51. The Kier molecular flexibility index (Phi) is 6.75. The van der Waals surface area contributed by atoms with Crippen molar-refractivity contribution >= 4 is 20.0 Å². The molecular weight excluding hydrogens is 621 g/mol. The van der Waals surface area contributed by atoms with E-state index in [0.29, 0.717) is 25.7 Å². The third-order valence-electron chi connectivity index (χ3n) is 14.7. The minimum Gasteiger partial charge on any atom is -0.392 e. The van der Waals surface area contributed by atoms with Crippen LogP contribution in [0.1, 0.15) is 100 Å². The average Bonchev–Trinajstić information content (AvgIpc) is 3.50. The second-order valence-electron chi connectivity index (χ2n) is 16.7. The third-order valence-corrected chi connectivity index (χ3v) is 17.8. The highest BCUT2D eigenvalue weighted by molar-refractivity contribution is 7.89. The Morgan fingerprint density at radius 2 is 0.957 bits per heavy atom. The van der Waals surface area contributed by atoms with E-state index in [9.17, 15) is 27.0 Å². The van der Waals surface area contributed by atoms with Gasteiger partial charge in [0.25, 0.3) is 0 Å². The first-order valence-corrected chi connectivity index (χ1v) is 20.4. The molecule has 6 bridgehead atoms.